The first-order chi connectivity index (χ1) is 9.67. The number of halogens is 2. The number of nitrogens with one attached hydrogen (secondary N) is 2. The van der Waals surface area contributed by atoms with E-state index in [1.54, 1.807) is 12.1 Å². The van der Waals surface area contributed by atoms with Crippen molar-refractivity contribution in [3.05, 3.63) is 35.6 Å². The van der Waals surface area contributed by atoms with Crippen LogP contribution >= 0.6 is 24.0 Å². The van der Waals surface area contributed by atoms with Crippen LogP contribution in [0.2, 0.25) is 0 Å². The smallest absolute Gasteiger partial charge is 0.191 e. The highest BCUT2D eigenvalue weighted by Gasteiger charge is 2.01. The molecule has 0 aromatic heterocycles. The fraction of sp³-hybridized carbons (Fsp3) is 0.533. The molecule has 1 aromatic rings. The topological polar surface area (TPSA) is 39.7 Å². The molecule has 4 nitrogen and oxygen atoms in total. The summed E-state index contributed by atoms with van der Waals surface area (Å²) in [7, 11) is 2.07. The summed E-state index contributed by atoms with van der Waals surface area (Å²) in [4.78, 5) is 6.62. The Labute approximate surface area is 144 Å². The van der Waals surface area contributed by atoms with Crippen LogP contribution in [0, 0.1) is 5.82 Å². The van der Waals surface area contributed by atoms with E-state index in [0.29, 0.717) is 12.1 Å². The van der Waals surface area contributed by atoms with E-state index in [-0.39, 0.29) is 29.8 Å². The van der Waals surface area contributed by atoms with Gasteiger partial charge < -0.3 is 15.5 Å². The van der Waals surface area contributed by atoms with E-state index in [1.165, 1.54) is 6.07 Å². The second-order valence-electron chi connectivity index (χ2n) is 4.61. The third-order valence-electron chi connectivity index (χ3n) is 3.04. The van der Waals surface area contributed by atoms with E-state index in [1.807, 2.05) is 13.0 Å². The molecular formula is C15H26FIN4. The van der Waals surface area contributed by atoms with Crippen LogP contribution in [-0.4, -0.2) is 44.1 Å². The van der Waals surface area contributed by atoms with Crippen molar-refractivity contribution in [3.8, 4) is 0 Å². The third kappa shape index (κ3) is 8.21. The lowest BCUT2D eigenvalue weighted by Gasteiger charge is -2.16. The van der Waals surface area contributed by atoms with E-state index in [4.69, 9.17) is 0 Å². The van der Waals surface area contributed by atoms with Crippen LogP contribution in [0.15, 0.2) is 29.3 Å². The Hall–Kier alpha value is -0.890. The van der Waals surface area contributed by atoms with Gasteiger partial charge in [-0.1, -0.05) is 25.1 Å². The van der Waals surface area contributed by atoms with Crippen molar-refractivity contribution in [2.24, 2.45) is 4.99 Å². The Balaban J connectivity index is 0.00000400. The van der Waals surface area contributed by atoms with Crippen LogP contribution in [0.3, 0.4) is 0 Å². The summed E-state index contributed by atoms with van der Waals surface area (Å²) in [6.07, 6.45) is 0. The molecule has 1 aromatic carbocycles. The Morgan fingerprint density at radius 3 is 2.57 bits per heavy atom. The quantitative estimate of drug-likeness (QED) is 0.414. The number of benzene rings is 1. The first-order valence-corrected chi connectivity index (χ1v) is 7.11. The highest BCUT2D eigenvalue weighted by molar-refractivity contribution is 14.0. The minimum absolute atomic E-state index is 0. The van der Waals surface area contributed by atoms with Crippen molar-refractivity contribution >= 4 is 29.9 Å². The third-order valence-corrected chi connectivity index (χ3v) is 3.04. The maximum absolute atomic E-state index is 13.5. The van der Waals surface area contributed by atoms with E-state index >= 15 is 0 Å². The van der Waals surface area contributed by atoms with Gasteiger partial charge in [0, 0.05) is 25.2 Å². The lowest BCUT2D eigenvalue weighted by molar-refractivity contribution is 0.357. The number of hydrogen-bond acceptors (Lipinski definition) is 2. The molecule has 0 aliphatic rings. The van der Waals surface area contributed by atoms with Gasteiger partial charge in [-0.15, -0.1) is 24.0 Å². The summed E-state index contributed by atoms with van der Waals surface area (Å²) in [6.45, 7) is 8.03. The van der Waals surface area contributed by atoms with Gasteiger partial charge in [0.05, 0.1) is 6.54 Å². The fourth-order valence-corrected chi connectivity index (χ4v) is 1.66. The number of guanidine groups is 1. The Kier molecular flexibility index (Phi) is 11.2. The van der Waals surface area contributed by atoms with Crippen LogP contribution in [-0.2, 0) is 6.54 Å². The molecule has 0 bridgehead atoms. The standard InChI is InChI=1S/C15H25FN4.HI/c1-4-17-15(18-10-11-20(3)5-2)19-12-13-8-6-7-9-14(13)16;/h6-9H,4-5,10-12H2,1-3H3,(H2,17,18,19);1H. The molecule has 0 aliphatic heterocycles. The average Bonchev–Trinajstić information content (AvgIpc) is 2.46. The molecule has 0 unspecified atom stereocenters. The fourth-order valence-electron chi connectivity index (χ4n) is 1.66. The van der Waals surface area contributed by atoms with E-state index < -0.39 is 0 Å². The van der Waals surface area contributed by atoms with Crippen LogP contribution in [0.5, 0.6) is 0 Å². The molecule has 2 N–H and O–H groups in total. The van der Waals surface area contributed by atoms with Gasteiger partial charge in [0.1, 0.15) is 5.82 Å². The maximum atomic E-state index is 13.5. The van der Waals surface area contributed by atoms with Crippen LogP contribution in [0.4, 0.5) is 4.39 Å². The summed E-state index contributed by atoms with van der Waals surface area (Å²) in [5.41, 5.74) is 0.607. The molecule has 0 radical (unpaired) electrons. The van der Waals surface area contributed by atoms with Gasteiger partial charge in [-0.25, -0.2) is 9.38 Å². The number of nitrogens with zero attached hydrogens (tertiary/aromatic N) is 2. The molecule has 0 amide bonds. The SMILES string of the molecule is CCNC(=NCc1ccccc1F)NCCN(C)CC.I. The zero-order valence-electron chi connectivity index (χ0n) is 13.0. The molecule has 0 heterocycles. The molecule has 0 atom stereocenters. The monoisotopic (exact) mass is 408 g/mol. The zero-order chi connectivity index (χ0) is 14.8. The second kappa shape index (κ2) is 11.7. The van der Waals surface area contributed by atoms with E-state index in [9.17, 15) is 4.39 Å². The highest BCUT2D eigenvalue weighted by atomic mass is 127. The zero-order valence-corrected chi connectivity index (χ0v) is 15.4. The van der Waals surface area contributed by atoms with Gasteiger partial charge in [-0.2, -0.15) is 0 Å². The lowest BCUT2D eigenvalue weighted by atomic mass is 10.2. The van der Waals surface area contributed by atoms with Gasteiger partial charge in [0.15, 0.2) is 5.96 Å². The summed E-state index contributed by atoms with van der Waals surface area (Å²) < 4.78 is 13.5. The minimum Gasteiger partial charge on any atom is -0.357 e. The number of hydrogen-bond donors (Lipinski definition) is 2. The first-order valence-electron chi connectivity index (χ1n) is 7.11. The highest BCUT2D eigenvalue weighted by Crippen LogP contribution is 2.07. The average molecular weight is 408 g/mol. The number of likely N-dealkylation sites (N-methyl/N-ethyl adjacent to an activating group) is 1. The molecule has 1 rings (SSSR count). The summed E-state index contributed by atoms with van der Waals surface area (Å²) in [6, 6.07) is 6.73. The summed E-state index contributed by atoms with van der Waals surface area (Å²) >= 11 is 0. The minimum atomic E-state index is -0.210. The predicted molar refractivity (Wildman–Crippen MR) is 97.8 cm³/mol. The largest absolute Gasteiger partial charge is 0.357 e. The van der Waals surface area contributed by atoms with Crippen molar-refractivity contribution in [1.82, 2.24) is 15.5 Å². The van der Waals surface area contributed by atoms with Crippen LogP contribution in [0.25, 0.3) is 0 Å². The lowest BCUT2D eigenvalue weighted by Crippen LogP contribution is -2.40. The van der Waals surface area contributed by atoms with E-state index in [0.717, 1.165) is 32.1 Å². The predicted octanol–water partition coefficient (Wildman–Crippen LogP) is 2.45. The number of rotatable bonds is 7. The molecule has 0 aliphatic carbocycles. The van der Waals surface area contributed by atoms with Crippen molar-refractivity contribution < 1.29 is 4.39 Å². The van der Waals surface area contributed by atoms with Crippen molar-refractivity contribution in [3.63, 3.8) is 0 Å². The summed E-state index contributed by atoms with van der Waals surface area (Å²) in [5.74, 6) is 0.512. The van der Waals surface area contributed by atoms with Gasteiger partial charge in [-0.3, -0.25) is 0 Å². The molecular weight excluding hydrogens is 382 g/mol. The molecule has 0 spiro atoms. The molecule has 6 heteroatoms. The Morgan fingerprint density at radius 2 is 1.95 bits per heavy atom. The van der Waals surface area contributed by atoms with Crippen LogP contribution < -0.4 is 10.6 Å². The number of aliphatic imine (C=N–C) groups is 1. The van der Waals surface area contributed by atoms with E-state index in [2.05, 4.69) is 34.5 Å². The Bertz CT molecular complexity index is 426. The van der Waals surface area contributed by atoms with Gasteiger partial charge >= 0.3 is 0 Å². The van der Waals surface area contributed by atoms with Crippen molar-refractivity contribution in [1.29, 1.82) is 0 Å². The van der Waals surface area contributed by atoms with Crippen molar-refractivity contribution in [2.75, 3.05) is 33.2 Å². The molecule has 0 saturated heterocycles. The van der Waals surface area contributed by atoms with Crippen LogP contribution in [0.1, 0.15) is 19.4 Å². The Morgan fingerprint density at radius 1 is 1.24 bits per heavy atom. The molecule has 0 fully saturated rings. The molecule has 0 saturated carbocycles. The van der Waals surface area contributed by atoms with Crippen molar-refractivity contribution in [2.45, 2.75) is 20.4 Å². The van der Waals surface area contributed by atoms with Gasteiger partial charge in [0.2, 0.25) is 0 Å². The molecule has 21 heavy (non-hydrogen) atoms. The van der Waals surface area contributed by atoms with Gasteiger partial charge in [0.25, 0.3) is 0 Å². The second-order valence-corrected chi connectivity index (χ2v) is 4.61. The summed E-state index contributed by atoms with van der Waals surface area (Å²) in [5, 5.41) is 6.41. The normalized spacial score (nSPS) is 11.2. The maximum Gasteiger partial charge on any atom is 0.191 e. The van der Waals surface area contributed by atoms with Gasteiger partial charge in [-0.05, 0) is 26.6 Å². The first kappa shape index (κ1) is 20.1. The molecule has 120 valence electrons.